The van der Waals surface area contributed by atoms with Crippen molar-refractivity contribution < 1.29 is 23.7 Å². The molecule has 1 heterocycles. The number of hydrogen-bond acceptors (Lipinski definition) is 6. The summed E-state index contributed by atoms with van der Waals surface area (Å²) in [6.45, 7) is 2.15. The Morgan fingerprint density at radius 2 is 1.55 bits per heavy atom. The van der Waals surface area contributed by atoms with Crippen molar-refractivity contribution in [1.82, 2.24) is 9.80 Å². The highest BCUT2D eigenvalue weighted by molar-refractivity contribution is 5.78. The molecule has 2 aromatic carbocycles. The molecule has 2 aromatic rings. The van der Waals surface area contributed by atoms with Gasteiger partial charge in [-0.05, 0) is 68.8 Å². The van der Waals surface area contributed by atoms with Gasteiger partial charge in [-0.1, -0.05) is 12.1 Å². The first-order valence-corrected chi connectivity index (χ1v) is 11.4. The van der Waals surface area contributed by atoms with E-state index in [-0.39, 0.29) is 11.9 Å². The van der Waals surface area contributed by atoms with Crippen LogP contribution in [-0.2, 0) is 17.8 Å². The Morgan fingerprint density at radius 1 is 0.909 bits per heavy atom. The number of benzene rings is 2. The van der Waals surface area contributed by atoms with Crippen molar-refractivity contribution in [3.63, 3.8) is 0 Å². The predicted octanol–water partition coefficient (Wildman–Crippen LogP) is 3.78. The van der Waals surface area contributed by atoms with Gasteiger partial charge in [-0.2, -0.15) is 0 Å². The minimum absolute atomic E-state index is 0.142. The second-order valence-corrected chi connectivity index (χ2v) is 8.60. The van der Waals surface area contributed by atoms with E-state index < -0.39 is 0 Å². The van der Waals surface area contributed by atoms with Gasteiger partial charge in [0.1, 0.15) is 0 Å². The molecule has 1 atom stereocenters. The van der Waals surface area contributed by atoms with Gasteiger partial charge in [0.15, 0.2) is 23.0 Å². The van der Waals surface area contributed by atoms with Crippen LogP contribution < -0.4 is 18.9 Å². The van der Waals surface area contributed by atoms with Crippen molar-refractivity contribution in [3.05, 3.63) is 47.5 Å². The molecular formula is C26H36N2O5. The fourth-order valence-corrected chi connectivity index (χ4v) is 4.19. The monoisotopic (exact) mass is 456 g/mol. The Bertz CT molecular complexity index is 931. The molecule has 1 fully saturated rings. The molecule has 1 aliphatic rings. The molecule has 1 aliphatic heterocycles. The molecule has 0 spiro atoms. The van der Waals surface area contributed by atoms with Gasteiger partial charge in [0, 0.05) is 25.6 Å². The molecule has 0 radical (unpaired) electrons. The lowest BCUT2D eigenvalue weighted by atomic mass is 10.0. The molecule has 0 unspecified atom stereocenters. The smallest absolute Gasteiger partial charge is 0.223 e. The van der Waals surface area contributed by atoms with Gasteiger partial charge < -0.3 is 28.7 Å². The van der Waals surface area contributed by atoms with Gasteiger partial charge >= 0.3 is 0 Å². The van der Waals surface area contributed by atoms with E-state index in [9.17, 15) is 4.79 Å². The third kappa shape index (κ3) is 6.54. The van der Waals surface area contributed by atoms with Crippen molar-refractivity contribution in [2.45, 2.75) is 38.3 Å². The summed E-state index contributed by atoms with van der Waals surface area (Å²) in [6, 6.07) is 12.0. The summed E-state index contributed by atoms with van der Waals surface area (Å²) in [5, 5.41) is 0. The largest absolute Gasteiger partial charge is 0.493 e. The molecule has 1 saturated heterocycles. The van der Waals surface area contributed by atoms with Gasteiger partial charge in [-0.3, -0.25) is 4.79 Å². The normalized spacial score (nSPS) is 15.8. The van der Waals surface area contributed by atoms with E-state index in [1.54, 1.807) is 21.3 Å². The van der Waals surface area contributed by atoms with Crippen LogP contribution in [0.25, 0.3) is 0 Å². The van der Waals surface area contributed by atoms with Crippen LogP contribution >= 0.6 is 0 Å². The van der Waals surface area contributed by atoms with E-state index in [2.05, 4.69) is 4.90 Å². The molecule has 1 amide bonds. The molecule has 180 valence electrons. The van der Waals surface area contributed by atoms with E-state index in [1.807, 2.05) is 55.4 Å². The third-order valence-electron chi connectivity index (χ3n) is 5.96. The standard InChI is InChI=1S/C26H36N2O5/c1-27(2)13-6-14-33-23-11-8-20(17-25(23)32-5)18-28-21(9-12-26(28)29)15-19-7-10-22(30-3)24(16-19)31-4/h7-8,10-11,16-17,21H,6,9,12-15,18H2,1-5H3/t21-/m0/s1. The van der Waals surface area contributed by atoms with Gasteiger partial charge in [0.25, 0.3) is 0 Å². The second kappa shape index (κ2) is 11.8. The van der Waals surface area contributed by atoms with Crippen molar-refractivity contribution >= 4 is 5.91 Å². The fourth-order valence-electron chi connectivity index (χ4n) is 4.19. The van der Waals surface area contributed by atoms with Crippen LogP contribution in [0.2, 0.25) is 0 Å². The summed E-state index contributed by atoms with van der Waals surface area (Å²) in [5.41, 5.74) is 2.15. The predicted molar refractivity (Wildman–Crippen MR) is 128 cm³/mol. The van der Waals surface area contributed by atoms with E-state index in [4.69, 9.17) is 18.9 Å². The van der Waals surface area contributed by atoms with Crippen molar-refractivity contribution in [1.29, 1.82) is 0 Å². The summed E-state index contributed by atoms with van der Waals surface area (Å²) in [7, 11) is 9.01. The van der Waals surface area contributed by atoms with E-state index in [1.165, 1.54) is 0 Å². The highest BCUT2D eigenvalue weighted by atomic mass is 16.5. The first kappa shape index (κ1) is 24.7. The number of ether oxygens (including phenoxy) is 4. The molecule has 0 saturated carbocycles. The second-order valence-electron chi connectivity index (χ2n) is 8.60. The molecule has 3 rings (SSSR count). The summed E-state index contributed by atoms with van der Waals surface area (Å²) in [5.74, 6) is 3.02. The molecule has 7 heteroatoms. The molecule has 0 N–H and O–H groups in total. The summed E-state index contributed by atoms with van der Waals surface area (Å²) in [4.78, 5) is 16.8. The summed E-state index contributed by atoms with van der Waals surface area (Å²) >= 11 is 0. The van der Waals surface area contributed by atoms with Crippen molar-refractivity contribution in [3.8, 4) is 23.0 Å². The lowest BCUT2D eigenvalue weighted by molar-refractivity contribution is -0.129. The SMILES string of the molecule is COc1ccc(C[C@@H]2CCC(=O)N2Cc2ccc(OCCCN(C)C)c(OC)c2)cc1OC. The van der Waals surface area contributed by atoms with Crippen molar-refractivity contribution in [2.24, 2.45) is 0 Å². The molecule has 0 bridgehead atoms. The Morgan fingerprint density at radius 3 is 2.24 bits per heavy atom. The maximum atomic E-state index is 12.7. The lowest BCUT2D eigenvalue weighted by Crippen LogP contribution is -2.33. The minimum Gasteiger partial charge on any atom is -0.493 e. The van der Waals surface area contributed by atoms with Gasteiger partial charge in [-0.25, -0.2) is 0 Å². The third-order valence-corrected chi connectivity index (χ3v) is 5.96. The highest BCUT2D eigenvalue weighted by Crippen LogP contribution is 2.32. The van der Waals surface area contributed by atoms with Crippen LogP contribution in [0.4, 0.5) is 0 Å². The Labute approximate surface area is 197 Å². The zero-order valence-electron chi connectivity index (χ0n) is 20.4. The topological polar surface area (TPSA) is 60.5 Å². The first-order valence-electron chi connectivity index (χ1n) is 11.4. The summed E-state index contributed by atoms with van der Waals surface area (Å²) in [6.07, 6.45) is 3.13. The van der Waals surface area contributed by atoms with Crippen LogP contribution in [0.3, 0.4) is 0 Å². The Balaban J connectivity index is 1.67. The van der Waals surface area contributed by atoms with Crippen molar-refractivity contribution in [2.75, 3.05) is 48.6 Å². The zero-order valence-corrected chi connectivity index (χ0v) is 20.4. The number of amides is 1. The van der Waals surface area contributed by atoms with E-state index in [0.29, 0.717) is 36.8 Å². The van der Waals surface area contributed by atoms with Crippen LogP contribution in [0.1, 0.15) is 30.4 Å². The zero-order chi connectivity index (χ0) is 23.8. The molecule has 0 aliphatic carbocycles. The average Bonchev–Trinajstić information content (AvgIpc) is 3.15. The number of carbonyl (C=O) groups is 1. The number of nitrogens with zero attached hydrogens (tertiary/aromatic N) is 2. The Hall–Kier alpha value is -2.93. The van der Waals surface area contributed by atoms with Crippen LogP contribution in [0, 0.1) is 0 Å². The van der Waals surface area contributed by atoms with Crippen LogP contribution in [0.5, 0.6) is 23.0 Å². The Kier molecular flexibility index (Phi) is 8.83. The number of methoxy groups -OCH3 is 3. The lowest BCUT2D eigenvalue weighted by Gasteiger charge is -2.26. The molecule has 33 heavy (non-hydrogen) atoms. The maximum absolute atomic E-state index is 12.7. The number of rotatable bonds is 12. The van der Waals surface area contributed by atoms with Gasteiger partial charge in [0.05, 0.1) is 27.9 Å². The fraction of sp³-hybridized carbons (Fsp3) is 0.500. The van der Waals surface area contributed by atoms with Gasteiger partial charge in [-0.15, -0.1) is 0 Å². The highest BCUT2D eigenvalue weighted by Gasteiger charge is 2.31. The quantitative estimate of drug-likeness (QED) is 0.453. The number of carbonyl (C=O) groups excluding carboxylic acids is 1. The number of hydrogen-bond donors (Lipinski definition) is 0. The minimum atomic E-state index is 0.142. The summed E-state index contributed by atoms with van der Waals surface area (Å²) < 4.78 is 22.2. The molecule has 0 aromatic heterocycles. The van der Waals surface area contributed by atoms with E-state index in [0.717, 1.165) is 42.7 Å². The number of likely N-dealkylation sites (tertiary alicyclic amines) is 1. The molecule has 7 nitrogen and oxygen atoms in total. The first-order chi connectivity index (χ1) is 15.9. The van der Waals surface area contributed by atoms with Gasteiger partial charge in [0.2, 0.25) is 5.91 Å². The van der Waals surface area contributed by atoms with Crippen LogP contribution in [-0.4, -0.2) is 70.3 Å². The molecular weight excluding hydrogens is 420 g/mol. The van der Waals surface area contributed by atoms with E-state index >= 15 is 0 Å². The maximum Gasteiger partial charge on any atom is 0.223 e. The van der Waals surface area contributed by atoms with Crippen LogP contribution in [0.15, 0.2) is 36.4 Å². The average molecular weight is 457 g/mol.